The van der Waals surface area contributed by atoms with E-state index in [0.29, 0.717) is 16.5 Å². The molecule has 2 aliphatic heterocycles. The van der Waals surface area contributed by atoms with Gasteiger partial charge in [-0.3, -0.25) is 14.5 Å². The van der Waals surface area contributed by atoms with E-state index in [2.05, 4.69) is 10.3 Å². The van der Waals surface area contributed by atoms with E-state index in [1.165, 1.54) is 34.9 Å². The second-order valence-electron chi connectivity index (χ2n) is 6.47. The molecular formula is C19H17N3O5S2. The lowest BCUT2D eigenvalue weighted by Crippen LogP contribution is -2.67. The van der Waals surface area contributed by atoms with Crippen LogP contribution in [0.4, 0.5) is 5.13 Å². The number of thiazole rings is 1. The van der Waals surface area contributed by atoms with Crippen LogP contribution in [0.25, 0.3) is 11.3 Å². The third-order valence-corrected chi connectivity index (χ3v) is 6.67. The summed E-state index contributed by atoms with van der Waals surface area (Å²) in [5, 5.41) is 14.9. The van der Waals surface area contributed by atoms with Gasteiger partial charge in [0, 0.05) is 29.2 Å². The number of fused-ring (bicyclic) bond motifs is 1. The standard InChI is InChI=1S/C19H17N3O5S2/c1-10(23)27-7-12-8-28-17-14(16(24)22(17)15(12)18(25)26)21-19-20-13(9-29-19)11-5-3-2-4-6-11/h2-6,9,14,17H,7-8H2,1H3,(H,20,21)(H,25,26)/t14-,17-/m1/s1. The largest absolute Gasteiger partial charge is 0.477 e. The highest BCUT2D eigenvalue weighted by atomic mass is 32.2. The first-order chi connectivity index (χ1) is 14.0. The van der Waals surface area contributed by atoms with Gasteiger partial charge in [0.1, 0.15) is 23.7 Å². The second-order valence-corrected chi connectivity index (χ2v) is 8.44. The first-order valence-corrected chi connectivity index (χ1v) is 10.7. The maximum absolute atomic E-state index is 12.7. The topological polar surface area (TPSA) is 109 Å². The molecule has 1 aromatic heterocycles. The first-order valence-electron chi connectivity index (χ1n) is 8.76. The van der Waals surface area contributed by atoms with Gasteiger partial charge in [0.05, 0.1) is 5.69 Å². The number of hydrogen-bond acceptors (Lipinski definition) is 8. The van der Waals surface area contributed by atoms with Crippen molar-refractivity contribution in [2.45, 2.75) is 18.3 Å². The normalized spacial score (nSPS) is 20.7. The number of esters is 1. The molecule has 1 amide bonds. The zero-order valence-corrected chi connectivity index (χ0v) is 17.0. The zero-order chi connectivity index (χ0) is 20.5. The van der Waals surface area contributed by atoms with E-state index in [1.54, 1.807) is 0 Å². The van der Waals surface area contributed by atoms with Gasteiger partial charge < -0.3 is 15.2 Å². The van der Waals surface area contributed by atoms with Crippen LogP contribution in [0.3, 0.4) is 0 Å². The number of anilines is 1. The highest BCUT2D eigenvalue weighted by Gasteiger charge is 2.54. The average molecular weight is 431 g/mol. The van der Waals surface area contributed by atoms with Crippen LogP contribution in [0.1, 0.15) is 6.92 Å². The van der Waals surface area contributed by atoms with Gasteiger partial charge in [0.15, 0.2) is 5.13 Å². The molecule has 2 aliphatic rings. The molecule has 0 saturated carbocycles. The van der Waals surface area contributed by atoms with Crippen molar-refractivity contribution in [2.75, 3.05) is 17.7 Å². The molecule has 2 atom stereocenters. The van der Waals surface area contributed by atoms with Gasteiger partial charge >= 0.3 is 11.9 Å². The van der Waals surface area contributed by atoms with Crippen molar-refractivity contribution < 1.29 is 24.2 Å². The van der Waals surface area contributed by atoms with Crippen molar-refractivity contribution in [1.82, 2.24) is 9.88 Å². The van der Waals surface area contributed by atoms with Crippen molar-refractivity contribution >= 4 is 46.1 Å². The Kier molecular flexibility index (Phi) is 5.29. The highest BCUT2D eigenvalue weighted by molar-refractivity contribution is 8.00. The van der Waals surface area contributed by atoms with E-state index < -0.39 is 18.0 Å². The number of amides is 1. The summed E-state index contributed by atoms with van der Waals surface area (Å²) in [6.07, 6.45) is 0. The number of aliphatic carboxylic acids is 1. The molecule has 4 rings (SSSR count). The Hall–Kier alpha value is -2.85. The molecular weight excluding hydrogens is 414 g/mol. The average Bonchev–Trinajstić information content (AvgIpc) is 3.19. The van der Waals surface area contributed by atoms with Crippen LogP contribution in [-0.4, -0.2) is 56.6 Å². The number of ether oxygens (including phenoxy) is 1. The van der Waals surface area contributed by atoms with Crippen molar-refractivity contribution in [3.63, 3.8) is 0 Å². The van der Waals surface area contributed by atoms with Gasteiger partial charge in [-0.15, -0.1) is 23.1 Å². The monoisotopic (exact) mass is 431 g/mol. The van der Waals surface area contributed by atoms with Gasteiger partial charge in [-0.1, -0.05) is 30.3 Å². The van der Waals surface area contributed by atoms with Crippen LogP contribution in [0.2, 0.25) is 0 Å². The summed E-state index contributed by atoms with van der Waals surface area (Å²) in [7, 11) is 0. The predicted molar refractivity (Wildman–Crippen MR) is 109 cm³/mol. The van der Waals surface area contributed by atoms with Crippen molar-refractivity contribution in [3.05, 3.63) is 47.0 Å². The third-order valence-electron chi connectivity index (χ3n) is 4.55. The summed E-state index contributed by atoms with van der Waals surface area (Å²) in [4.78, 5) is 41.3. The van der Waals surface area contributed by atoms with E-state index >= 15 is 0 Å². The fraction of sp³-hybridized carbons (Fsp3) is 0.263. The van der Waals surface area contributed by atoms with Crippen molar-refractivity contribution in [3.8, 4) is 11.3 Å². The molecule has 2 N–H and O–H groups in total. The molecule has 1 aromatic carbocycles. The van der Waals surface area contributed by atoms with Crippen LogP contribution in [0.15, 0.2) is 47.0 Å². The first kappa shape index (κ1) is 19.5. The summed E-state index contributed by atoms with van der Waals surface area (Å²) in [6.45, 7) is 1.12. The van der Waals surface area contributed by atoms with Gasteiger partial charge in [-0.2, -0.15) is 0 Å². The third kappa shape index (κ3) is 3.73. The number of nitrogens with zero attached hydrogens (tertiary/aromatic N) is 2. The van der Waals surface area contributed by atoms with Gasteiger partial charge in [-0.05, 0) is 0 Å². The lowest BCUT2D eigenvalue weighted by Gasteiger charge is -2.49. The molecule has 0 aliphatic carbocycles. The fourth-order valence-corrected chi connectivity index (χ4v) is 5.28. The van der Waals surface area contributed by atoms with E-state index in [9.17, 15) is 19.5 Å². The molecule has 0 unspecified atom stereocenters. The van der Waals surface area contributed by atoms with E-state index in [4.69, 9.17) is 4.74 Å². The van der Waals surface area contributed by atoms with Crippen molar-refractivity contribution in [2.24, 2.45) is 0 Å². The van der Waals surface area contributed by atoms with E-state index in [-0.39, 0.29) is 23.6 Å². The second kappa shape index (κ2) is 7.88. The van der Waals surface area contributed by atoms with E-state index in [0.717, 1.165) is 11.3 Å². The number of thioether (sulfide) groups is 1. The maximum Gasteiger partial charge on any atom is 0.352 e. The van der Waals surface area contributed by atoms with Gasteiger partial charge in [0.2, 0.25) is 0 Å². The fourth-order valence-electron chi connectivity index (χ4n) is 3.20. The number of rotatable bonds is 6. The van der Waals surface area contributed by atoms with Crippen LogP contribution in [0, 0.1) is 0 Å². The number of carbonyl (C=O) groups is 3. The highest BCUT2D eigenvalue weighted by Crippen LogP contribution is 2.42. The summed E-state index contributed by atoms with van der Waals surface area (Å²) >= 11 is 2.83. The molecule has 150 valence electrons. The molecule has 0 radical (unpaired) electrons. The Morgan fingerprint density at radius 3 is 2.79 bits per heavy atom. The molecule has 1 fully saturated rings. The Balaban J connectivity index is 1.49. The lowest BCUT2D eigenvalue weighted by atomic mass is 10.0. The SMILES string of the molecule is CC(=O)OCC1=C(C(=O)O)N2C(=O)[C@@H](Nc3nc(-c4ccccc4)cs3)[C@H]2SC1. The van der Waals surface area contributed by atoms with Gasteiger partial charge in [0.25, 0.3) is 5.91 Å². The predicted octanol–water partition coefficient (Wildman–Crippen LogP) is 2.41. The zero-order valence-electron chi connectivity index (χ0n) is 15.3. The summed E-state index contributed by atoms with van der Waals surface area (Å²) in [6, 6.07) is 9.16. The van der Waals surface area contributed by atoms with Crippen LogP contribution >= 0.6 is 23.1 Å². The Morgan fingerprint density at radius 1 is 1.34 bits per heavy atom. The number of carboxylic acid groups (broad SMARTS) is 1. The smallest absolute Gasteiger partial charge is 0.352 e. The minimum absolute atomic E-state index is 0.0952. The molecule has 10 heteroatoms. The molecule has 1 saturated heterocycles. The van der Waals surface area contributed by atoms with Crippen LogP contribution in [0.5, 0.6) is 0 Å². The molecule has 3 heterocycles. The number of aromatic nitrogens is 1. The molecule has 8 nitrogen and oxygen atoms in total. The van der Waals surface area contributed by atoms with Crippen LogP contribution in [-0.2, 0) is 19.1 Å². The quantitative estimate of drug-likeness (QED) is 0.530. The summed E-state index contributed by atoms with van der Waals surface area (Å²) < 4.78 is 4.94. The Labute approximate surface area is 174 Å². The lowest BCUT2D eigenvalue weighted by molar-refractivity contribution is -0.147. The Bertz CT molecular complexity index is 1000. The number of carbonyl (C=O) groups excluding carboxylic acids is 2. The number of hydrogen-bond donors (Lipinski definition) is 2. The van der Waals surface area contributed by atoms with Gasteiger partial charge in [-0.25, -0.2) is 9.78 Å². The summed E-state index contributed by atoms with van der Waals surface area (Å²) in [5.41, 5.74) is 2.12. The molecule has 0 bridgehead atoms. The molecule has 29 heavy (non-hydrogen) atoms. The van der Waals surface area contributed by atoms with E-state index in [1.807, 2.05) is 35.7 Å². The molecule has 0 spiro atoms. The minimum Gasteiger partial charge on any atom is -0.477 e. The maximum atomic E-state index is 12.7. The number of nitrogens with one attached hydrogen (secondary N) is 1. The number of β-lactam (4-membered cyclic amide) rings is 1. The molecule has 2 aromatic rings. The van der Waals surface area contributed by atoms with Crippen molar-refractivity contribution in [1.29, 1.82) is 0 Å². The number of benzene rings is 1. The number of carboxylic acids is 1. The minimum atomic E-state index is -1.20. The van der Waals surface area contributed by atoms with Crippen LogP contribution < -0.4 is 5.32 Å². The Morgan fingerprint density at radius 2 is 2.10 bits per heavy atom. The summed E-state index contributed by atoms with van der Waals surface area (Å²) in [5.74, 6) is -1.67.